The molecule has 0 aliphatic heterocycles. The topological polar surface area (TPSA) is 74.8 Å². The van der Waals surface area contributed by atoms with Crippen LogP contribution in [0, 0.1) is 0 Å². The summed E-state index contributed by atoms with van der Waals surface area (Å²) in [6, 6.07) is 3.15. The molecular weight excluding hydrogens is 226 g/mol. The van der Waals surface area contributed by atoms with Gasteiger partial charge in [0.1, 0.15) is 5.69 Å². The Morgan fingerprint density at radius 1 is 1.38 bits per heavy atom. The minimum Gasteiger partial charge on any atom is -0.348 e. The molecule has 82 valence electrons. The van der Waals surface area contributed by atoms with Crippen molar-refractivity contribution in [1.29, 1.82) is 0 Å². The number of amides is 1. The van der Waals surface area contributed by atoms with E-state index >= 15 is 0 Å². The lowest BCUT2D eigenvalue weighted by Crippen LogP contribution is -2.12. The highest BCUT2D eigenvalue weighted by molar-refractivity contribution is 7.13. The molecule has 2 aromatic rings. The van der Waals surface area contributed by atoms with E-state index < -0.39 is 0 Å². The number of carbonyl (C=O) groups excluding carboxylic acids is 2. The fraction of sp³-hybridized carbons (Fsp3) is 0.100. The average molecular weight is 235 g/mol. The minimum atomic E-state index is -0.303. The Balaban J connectivity index is 2.12. The molecule has 2 rings (SSSR count). The molecule has 0 saturated heterocycles. The molecule has 0 atom stereocenters. The highest BCUT2D eigenvalue weighted by Crippen LogP contribution is 2.12. The van der Waals surface area contributed by atoms with Gasteiger partial charge in [0.15, 0.2) is 10.9 Å². The largest absolute Gasteiger partial charge is 0.348 e. The number of thiazole rings is 1. The van der Waals surface area contributed by atoms with Gasteiger partial charge < -0.3 is 4.98 Å². The first-order chi connectivity index (χ1) is 7.66. The quantitative estimate of drug-likeness (QED) is 0.798. The smallest absolute Gasteiger partial charge is 0.273 e. The number of aromatic amines is 1. The maximum Gasteiger partial charge on any atom is 0.273 e. The van der Waals surface area contributed by atoms with E-state index in [2.05, 4.69) is 15.3 Å². The minimum absolute atomic E-state index is 0.103. The number of ketones is 1. The molecule has 0 aromatic carbocycles. The standard InChI is InChI=1S/C10H9N3O2S/c1-6(14)7-2-3-8(12-7)9(15)13-10-11-4-5-16-10/h2-5,12H,1H3,(H,11,13,15). The predicted octanol–water partition coefficient (Wildman–Crippen LogP) is 1.93. The van der Waals surface area contributed by atoms with Crippen LogP contribution in [-0.4, -0.2) is 21.7 Å². The van der Waals surface area contributed by atoms with Gasteiger partial charge >= 0.3 is 0 Å². The molecule has 0 bridgehead atoms. The summed E-state index contributed by atoms with van der Waals surface area (Å²) in [5, 5.41) is 4.92. The van der Waals surface area contributed by atoms with Crippen LogP contribution in [0.1, 0.15) is 27.9 Å². The van der Waals surface area contributed by atoms with Gasteiger partial charge in [-0.15, -0.1) is 11.3 Å². The third-order valence-corrected chi connectivity index (χ3v) is 2.65. The molecule has 2 heterocycles. The Bertz CT molecular complexity index is 516. The number of nitrogens with one attached hydrogen (secondary N) is 2. The highest BCUT2D eigenvalue weighted by atomic mass is 32.1. The van der Waals surface area contributed by atoms with Gasteiger partial charge in [0, 0.05) is 18.5 Å². The normalized spacial score (nSPS) is 10.1. The van der Waals surface area contributed by atoms with Crippen molar-refractivity contribution in [3.05, 3.63) is 35.1 Å². The number of Topliss-reactive ketones (excluding diaryl/α,β-unsaturated/α-hetero) is 1. The molecule has 0 spiro atoms. The summed E-state index contributed by atoms with van der Waals surface area (Å²) < 4.78 is 0. The molecule has 0 aliphatic carbocycles. The summed E-state index contributed by atoms with van der Waals surface area (Å²) in [6.45, 7) is 1.44. The van der Waals surface area contributed by atoms with E-state index in [4.69, 9.17) is 0 Å². The molecule has 0 aliphatic rings. The molecular formula is C10H9N3O2S. The van der Waals surface area contributed by atoms with Crippen LogP contribution in [0.3, 0.4) is 0 Å². The molecule has 0 unspecified atom stereocenters. The van der Waals surface area contributed by atoms with E-state index in [1.807, 2.05) is 0 Å². The van der Waals surface area contributed by atoms with Crippen molar-refractivity contribution < 1.29 is 9.59 Å². The van der Waals surface area contributed by atoms with E-state index in [1.165, 1.54) is 18.3 Å². The Kier molecular flexibility index (Phi) is 2.82. The van der Waals surface area contributed by atoms with Crippen molar-refractivity contribution in [1.82, 2.24) is 9.97 Å². The molecule has 16 heavy (non-hydrogen) atoms. The van der Waals surface area contributed by atoms with Gasteiger partial charge in [-0.25, -0.2) is 4.98 Å². The fourth-order valence-electron chi connectivity index (χ4n) is 1.18. The number of nitrogens with zero attached hydrogens (tertiary/aromatic N) is 1. The fourth-order valence-corrected chi connectivity index (χ4v) is 1.71. The van der Waals surface area contributed by atoms with E-state index in [0.29, 0.717) is 16.5 Å². The van der Waals surface area contributed by atoms with Crippen molar-refractivity contribution in [2.45, 2.75) is 6.92 Å². The Labute approximate surface area is 95.5 Å². The van der Waals surface area contributed by atoms with Gasteiger partial charge in [0.25, 0.3) is 5.91 Å². The Morgan fingerprint density at radius 2 is 2.12 bits per heavy atom. The number of hydrogen-bond donors (Lipinski definition) is 2. The second-order valence-corrected chi connectivity index (χ2v) is 4.03. The van der Waals surface area contributed by atoms with Gasteiger partial charge in [0.05, 0.1) is 5.69 Å². The Morgan fingerprint density at radius 3 is 2.69 bits per heavy atom. The molecule has 5 nitrogen and oxygen atoms in total. The monoisotopic (exact) mass is 235 g/mol. The zero-order valence-corrected chi connectivity index (χ0v) is 9.30. The number of hydrogen-bond acceptors (Lipinski definition) is 4. The van der Waals surface area contributed by atoms with Crippen LogP contribution in [0.4, 0.5) is 5.13 Å². The van der Waals surface area contributed by atoms with E-state index in [0.717, 1.165) is 0 Å². The van der Waals surface area contributed by atoms with Crippen molar-refractivity contribution in [2.75, 3.05) is 5.32 Å². The number of aromatic nitrogens is 2. The molecule has 6 heteroatoms. The second-order valence-electron chi connectivity index (χ2n) is 3.13. The van der Waals surface area contributed by atoms with E-state index in [9.17, 15) is 9.59 Å². The van der Waals surface area contributed by atoms with Gasteiger partial charge in [-0.1, -0.05) is 0 Å². The molecule has 0 fully saturated rings. The second kappa shape index (κ2) is 4.28. The van der Waals surface area contributed by atoms with Crippen LogP contribution in [0.5, 0.6) is 0 Å². The SMILES string of the molecule is CC(=O)c1ccc(C(=O)Nc2nccs2)[nH]1. The predicted molar refractivity (Wildman–Crippen MR) is 60.9 cm³/mol. The van der Waals surface area contributed by atoms with E-state index in [1.54, 1.807) is 23.7 Å². The molecule has 1 amide bonds. The van der Waals surface area contributed by atoms with Gasteiger partial charge in [-0.3, -0.25) is 14.9 Å². The first-order valence-electron chi connectivity index (χ1n) is 4.57. The van der Waals surface area contributed by atoms with Crippen molar-refractivity contribution in [3.63, 3.8) is 0 Å². The van der Waals surface area contributed by atoms with Gasteiger partial charge in [-0.2, -0.15) is 0 Å². The lowest BCUT2D eigenvalue weighted by Gasteiger charge is -1.98. The molecule has 0 saturated carbocycles. The third-order valence-electron chi connectivity index (χ3n) is 1.96. The van der Waals surface area contributed by atoms with Crippen LogP contribution >= 0.6 is 11.3 Å². The van der Waals surface area contributed by atoms with Crippen LogP contribution in [0.2, 0.25) is 0 Å². The van der Waals surface area contributed by atoms with Crippen molar-refractivity contribution in [2.24, 2.45) is 0 Å². The lowest BCUT2D eigenvalue weighted by molar-refractivity contribution is 0.101. The van der Waals surface area contributed by atoms with Crippen molar-refractivity contribution in [3.8, 4) is 0 Å². The maximum absolute atomic E-state index is 11.7. The molecule has 2 aromatic heterocycles. The highest BCUT2D eigenvalue weighted by Gasteiger charge is 2.11. The van der Waals surface area contributed by atoms with Crippen LogP contribution in [-0.2, 0) is 0 Å². The molecule has 2 N–H and O–H groups in total. The zero-order valence-electron chi connectivity index (χ0n) is 8.48. The van der Waals surface area contributed by atoms with Gasteiger partial charge in [0.2, 0.25) is 0 Å². The first-order valence-corrected chi connectivity index (χ1v) is 5.45. The number of carbonyl (C=O) groups is 2. The number of anilines is 1. The maximum atomic E-state index is 11.7. The summed E-state index contributed by atoms with van der Waals surface area (Å²) in [4.78, 5) is 29.4. The third kappa shape index (κ3) is 2.17. The summed E-state index contributed by atoms with van der Waals surface area (Å²) >= 11 is 1.34. The van der Waals surface area contributed by atoms with Crippen LogP contribution < -0.4 is 5.32 Å². The molecule has 0 radical (unpaired) electrons. The van der Waals surface area contributed by atoms with Gasteiger partial charge in [-0.05, 0) is 12.1 Å². The first kappa shape index (κ1) is 10.6. The zero-order chi connectivity index (χ0) is 11.5. The Hall–Kier alpha value is -1.95. The number of rotatable bonds is 3. The summed E-state index contributed by atoms with van der Waals surface area (Å²) in [5.41, 5.74) is 0.768. The van der Waals surface area contributed by atoms with E-state index in [-0.39, 0.29) is 11.7 Å². The lowest BCUT2D eigenvalue weighted by atomic mass is 10.3. The summed E-state index contributed by atoms with van der Waals surface area (Å²) in [6.07, 6.45) is 1.61. The average Bonchev–Trinajstić information content (AvgIpc) is 2.86. The summed E-state index contributed by atoms with van der Waals surface area (Å²) in [5.74, 6) is -0.407. The van der Waals surface area contributed by atoms with Crippen molar-refractivity contribution >= 4 is 28.2 Å². The number of H-pyrrole nitrogens is 1. The summed E-state index contributed by atoms with van der Waals surface area (Å²) in [7, 11) is 0. The van der Waals surface area contributed by atoms with Crippen LogP contribution in [0.15, 0.2) is 23.7 Å². The van der Waals surface area contributed by atoms with Crippen LogP contribution in [0.25, 0.3) is 0 Å².